The van der Waals surface area contributed by atoms with E-state index in [0.29, 0.717) is 11.9 Å². The van der Waals surface area contributed by atoms with Crippen LogP contribution >= 0.6 is 12.4 Å². The fourth-order valence-corrected chi connectivity index (χ4v) is 2.75. The Kier molecular flexibility index (Phi) is 6.28. The molecule has 1 aromatic heterocycles. The summed E-state index contributed by atoms with van der Waals surface area (Å²) in [6.07, 6.45) is 2.08. The normalized spacial score (nSPS) is 20.2. The minimum atomic E-state index is -0.0848. The highest BCUT2D eigenvalue weighted by Gasteiger charge is 2.22. The van der Waals surface area contributed by atoms with Crippen molar-refractivity contribution < 1.29 is 4.79 Å². The molecule has 1 aliphatic rings. The molecular weight excluding hydrogens is 328 g/mol. The van der Waals surface area contributed by atoms with Crippen molar-refractivity contribution in [3.05, 3.63) is 29.8 Å². The molecule has 1 aromatic carbocycles. The number of halogens is 1. The van der Waals surface area contributed by atoms with Gasteiger partial charge in [-0.1, -0.05) is 29.8 Å². The molecule has 2 unspecified atom stereocenters. The third kappa shape index (κ3) is 4.52. The number of hydrogen-bond acceptors (Lipinski definition) is 5. The summed E-state index contributed by atoms with van der Waals surface area (Å²) in [5.74, 6) is 0.448. The SMILES string of the molecule is Cc1ccc(-c2nnn(CC(=O)NC3CCCNC3C)n2)cc1.Cl. The lowest BCUT2D eigenvalue weighted by atomic mass is 10.00. The molecule has 1 fully saturated rings. The Labute approximate surface area is 147 Å². The van der Waals surface area contributed by atoms with Gasteiger partial charge in [0.15, 0.2) is 0 Å². The fourth-order valence-electron chi connectivity index (χ4n) is 2.75. The molecule has 130 valence electrons. The highest BCUT2D eigenvalue weighted by atomic mass is 35.5. The van der Waals surface area contributed by atoms with Crippen LogP contribution in [0.15, 0.2) is 24.3 Å². The monoisotopic (exact) mass is 350 g/mol. The first-order valence-electron chi connectivity index (χ1n) is 7.99. The van der Waals surface area contributed by atoms with Crippen LogP contribution in [0.4, 0.5) is 0 Å². The van der Waals surface area contributed by atoms with Crippen molar-refractivity contribution in [1.82, 2.24) is 30.8 Å². The van der Waals surface area contributed by atoms with Gasteiger partial charge in [-0.2, -0.15) is 4.80 Å². The number of carbonyl (C=O) groups excluding carboxylic acids is 1. The Bertz CT molecular complexity index is 671. The number of aromatic nitrogens is 4. The van der Waals surface area contributed by atoms with Gasteiger partial charge < -0.3 is 10.6 Å². The molecule has 1 aliphatic heterocycles. The average Bonchev–Trinajstić information content (AvgIpc) is 2.98. The number of tetrazole rings is 1. The smallest absolute Gasteiger partial charge is 0.243 e. The first kappa shape index (κ1) is 18.4. The largest absolute Gasteiger partial charge is 0.350 e. The molecule has 0 bridgehead atoms. The van der Waals surface area contributed by atoms with Crippen LogP contribution in [0.2, 0.25) is 0 Å². The van der Waals surface area contributed by atoms with E-state index in [9.17, 15) is 4.79 Å². The van der Waals surface area contributed by atoms with Crippen LogP contribution in [0.5, 0.6) is 0 Å². The molecule has 0 saturated carbocycles. The average molecular weight is 351 g/mol. The standard InChI is InChI=1S/C16H22N6O.ClH/c1-11-5-7-13(8-6-11)16-19-21-22(20-16)10-15(23)18-14-4-3-9-17-12(14)2;/h5-8,12,14,17H,3-4,9-10H2,1-2H3,(H,18,23);1H. The second-order valence-corrected chi connectivity index (χ2v) is 6.07. The van der Waals surface area contributed by atoms with Gasteiger partial charge in [0, 0.05) is 17.6 Å². The summed E-state index contributed by atoms with van der Waals surface area (Å²) in [4.78, 5) is 13.5. The van der Waals surface area contributed by atoms with Crippen LogP contribution in [0, 0.1) is 6.92 Å². The van der Waals surface area contributed by atoms with E-state index in [4.69, 9.17) is 0 Å². The maximum atomic E-state index is 12.1. The maximum absolute atomic E-state index is 12.1. The molecule has 0 radical (unpaired) electrons. The number of benzene rings is 1. The molecule has 1 amide bonds. The molecule has 0 aliphatic carbocycles. The zero-order chi connectivity index (χ0) is 16.2. The molecule has 8 heteroatoms. The van der Waals surface area contributed by atoms with E-state index in [1.807, 2.05) is 31.2 Å². The van der Waals surface area contributed by atoms with Gasteiger partial charge in [0.05, 0.1) is 0 Å². The van der Waals surface area contributed by atoms with Crippen LogP contribution in [-0.4, -0.2) is 44.7 Å². The number of hydrogen-bond donors (Lipinski definition) is 2. The second kappa shape index (κ2) is 8.21. The van der Waals surface area contributed by atoms with Gasteiger partial charge in [-0.25, -0.2) is 0 Å². The summed E-state index contributed by atoms with van der Waals surface area (Å²) >= 11 is 0. The summed E-state index contributed by atoms with van der Waals surface area (Å²) in [6, 6.07) is 8.36. The fraction of sp³-hybridized carbons (Fsp3) is 0.500. The number of rotatable bonds is 4. The van der Waals surface area contributed by atoms with E-state index < -0.39 is 0 Å². The zero-order valence-corrected chi connectivity index (χ0v) is 14.7. The second-order valence-electron chi connectivity index (χ2n) is 6.07. The van der Waals surface area contributed by atoms with Gasteiger partial charge in [0.2, 0.25) is 11.7 Å². The first-order chi connectivity index (χ1) is 11.1. The van der Waals surface area contributed by atoms with E-state index in [0.717, 1.165) is 24.9 Å². The maximum Gasteiger partial charge on any atom is 0.243 e. The Morgan fingerprint density at radius 1 is 1.38 bits per heavy atom. The minimum Gasteiger partial charge on any atom is -0.350 e. The lowest BCUT2D eigenvalue weighted by Crippen LogP contribution is -2.52. The highest BCUT2D eigenvalue weighted by molar-refractivity contribution is 5.85. The van der Waals surface area contributed by atoms with E-state index in [2.05, 4.69) is 33.0 Å². The van der Waals surface area contributed by atoms with Crippen molar-refractivity contribution in [1.29, 1.82) is 0 Å². The molecule has 1 saturated heterocycles. The van der Waals surface area contributed by atoms with Gasteiger partial charge in [0.25, 0.3) is 0 Å². The summed E-state index contributed by atoms with van der Waals surface area (Å²) in [7, 11) is 0. The van der Waals surface area contributed by atoms with Crippen LogP contribution in [-0.2, 0) is 11.3 Å². The van der Waals surface area contributed by atoms with Crippen molar-refractivity contribution in [3.8, 4) is 11.4 Å². The number of amides is 1. The number of aryl methyl sites for hydroxylation is 1. The quantitative estimate of drug-likeness (QED) is 0.869. The third-order valence-electron chi connectivity index (χ3n) is 4.16. The van der Waals surface area contributed by atoms with Crippen molar-refractivity contribution in [2.24, 2.45) is 0 Å². The topological polar surface area (TPSA) is 84.7 Å². The third-order valence-corrected chi connectivity index (χ3v) is 4.16. The number of carbonyl (C=O) groups is 1. The van der Waals surface area contributed by atoms with Gasteiger partial charge in [-0.3, -0.25) is 4.79 Å². The molecule has 2 N–H and O–H groups in total. The number of nitrogens with one attached hydrogen (secondary N) is 2. The van der Waals surface area contributed by atoms with E-state index in [1.54, 1.807) is 0 Å². The Balaban J connectivity index is 0.00000208. The van der Waals surface area contributed by atoms with Crippen molar-refractivity contribution in [3.63, 3.8) is 0 Å². The Morgan fingerprint density at radius 2 is 2.12 bits per heavy atom. The Morgan fingerprint density at radius 3 is 2.83 bits per heavy atom. The van der Waals surface area contributed by atoms with Gasteiger partial charge in [0.1, 0.15) is 6.54 Å². The Hall–Kier alpha value is -1.99. The lowest BCUT2D eigenvalue weighted by molar-refractivity contribution is -0.123. The highest BCUT2D eigenvalue weighted by Crippen LogP contribution is 2.14. The van der Waals surface area contributed by atoms with Crippen LogP contribution in [0.25, 0.3) is 11.4 Å². The van der Waals surface area contributed by atoms with Crippen LogP contribution in [0.1, 0.15) is 25.3 Å². The van der Waals surface area contributed by atoms with Crippen LogP contribution < -0.4 is 10.6 Å². The summed E-state index contributed by atoms with van der Waals surface area (Å²) in [5, 5.41) is 18.7. The summed E-state index contributed by atoms with van der Waals surface area (Å²) < 4.78 is 0. The van der Waals surface area contributed by atoms with Gasteiger partial charge in [-0.15, -0.1) is 22.6 Å². The lowest BCUT2D eigenvalue weighted by Gasteiger charge is -2.30. The van der Waals surface area contributed by atoms with Crippen LogP contribution in [0.3, 0.4) is 0 Å². The first-order valence-corrected chi connectivity index (χ1v) is 7.99. The minimum absolute atomic E-state index is 0. The summed E-state index contributed by atoms with van der Waals surface area (Å²) in [6.45, 7) is 5.22. The molecule has 7 nitrogen and oxygen atoms in total. The van der Waals surface area contributed by atoms with Crippen molar-refractivity contribution in [2.45, 2.75) is 45.3 Å². The molecular formula is C16H23ClN6O. The van der Waals surface area contributed by atoms with Gasteiger partial charge in [-0.05, 0) is 38.4 Å². The molecule has 2 atom stereocenters. The number of piperidine rings is 1. The van der Waals surface area contributed by atoms with E-state index >= 15 is 0 Å². The molecule has 2 heterocycles. The van der Waals surface area contributed by atoms with E-state index in [1.165, 1.54) is 10.4 Å². The zero-order valence-electron chi connectivity index (χ0n) is 13.9. The molecule has 2 aromatic rings. The molecule has 24 heavy (non-hydrogen) atoms. The number of nitrogens with zero attached hydrogens (tertiary/aromatic N) is 4. The molecule has 0 spiro atoms. The predicted octanol–water partition coefficient (Wildman–Crippen LogP) is 1.33. The summed E-state index contributed by atoms with van der Waals surface area (Å²) in [5.41, 5.74) is 2.07. The van der Waals surface area contributed by atoms with Crippen molar-refractivity contribution in [2.75, 3.05) is 6.54 Å². The molecule has 3 rings (SSSR count). The van der Waals surface area contributed by atoms with E-state index in [-0.39, 0.29) is 30.9 Å². The predicted molar refractivity (Wildman–Crippen MR) is 93.9 cm³/mol. The van der Waals surface area contributed by atoms with Gasteiger partial charge >= 0.3 is 0 Å². The van der Waals surface area contributed by atoms with Crippen molar-refractivity contribution >= 4 is 18.3 Å².